The number of nitro benzene ring substituents is 1. The maximum Gasteiger partial charge on any atom is 0.321 e. The molecule has 1 aromatic heterocycles. The summed E-state index contributed by atoms with van der Waals surface area (Å²) in [7, 11) is -2.62. The highest BCUT2D eigenvalue weighted by Crippen LogP contribution is 2.29. The van der Waals surface area contributed by atoms with E-state index in [-0.39, 0.29) is 10.6 Å². The number of sulfonamides is 1. The van der Waals surface area contributed by atoms with Crippen LogP contribution in [0.1, 0.15) is 4.88 Å². The zero-order valence-corrected chi connectivity index (χ0v) is 18.5. The first kappa shape index (κ1) is 23.8. The standard InChI is InChI=1S/C17H19N3O7S3/c1-19(10-12-4-3-7-29-12)16(21)11-27-17(22)9-18-30(25,26)13-5-6-15(28-2)14(8-13)20(23)24/h3-8,18H,9-11H2,1-2H3. The van der Waals surface area contributed by atoms with E-state index in [4.69, 9.17) is 4.74 Å². The van der Waals surface area contributed by atoms with E-state index in [0.717, 1.165) is 22.7 Å². The van der Waals surface area contributed by atoms with Crippen LogP contribution in [-0.2, 0) is 30.9 Å². The fourth-order valence-corrected chi connectivity index (χ4v) is 4.54. The van der Waals surface area contributed by atoms with Crippen molar-refractivity contribution in [3.05, 3.63) is 50.7 Å². The fourth-order valence-electron chi connectivity index (χ4n) is 2.24. The molecule has 0 fully saturated rings. The average Bonchev–Trinajstić information content (AvgIpc) is 3.22. The van der Waals surface area contributed by atoms with Gasteiger partial charge in [0, 0.05) is 18.0 Å². The number of amides is 1. The molecular formula is C17H19N3O7S3. The Kier molecular flexibility index (Phi) is 8.34. The second kappa shape index (κ2) is 10.5. The molecule has 0 aliphatic carbocycles. The van der Waals surface area contributed by atoms with Gasteiger partial charge in [-0.05, 0) is 29.8 Å². The first-order chi connectivity index (χ1) is 14.1. The summed E-state index contributed by atoms with van der Waals surface area (Å²) >= 11 is 2.59. The maximum atomic E-state index is 12.3. The van der Waals surface area contributed by atoms with Crippen LogP contribution in [0.5, 0.6) is 0 Å². The summed E-state index contributed by atoms with van der Waals surface area (Å²) < 4.78 is 31.4. The molecule has 162 valence electrons. The lowest BCUT2D eigenvalue weighted by Gasteiger charge is -2.16. The van der Waals surface area contributed by atoms with Crippen LogP contribution in [0.4, 0.5) is 5.69 Å². The Morgan fingerprint density at radius 1 is 1.33 bits per heavy atom. The first-order valence-corrected chi connectivity index (χ1v) is 12.0. The largest absolute Gasteiger partial charge is 0.455 e. The van der Waals surface area contributed by atoms with Crippen molar-refractivity contribution in [2.24, 2.45) is 0 Å². The van der Waals surface area contributed by atoms with Crippen LogP contribution in [0.15, 0.2) is 45.5 Å². The zero-order valence-electron chi connectivity index (χ0n) is 16.1. The lowest BCUT2D eigenvalue weighted by Crippen LogP contribution is -2.34. The quantitative estimate of drug-likeness (QED) is 0.239. The van der Waals surface area contributed by atoms with E-state index in [1.165, 1.54) is 28.4 Å². The summed E-state index contributed by atoms with van der Waals surface area (Å²) in [5, 5.41) is 13.0. The molecule has 0 aliphatic rings. The first-order valence-electron chi connectivity index (χ1n) is 8.38. The molecule has 2 rings (SSSR count). The van der Waals surface area contributed by atoms with Crippen molar-refractivity contribution in [3.63, 3.8) is 0 Å². The smallest absolute Gasteiger partial charge is 0.321 e. The number of carbonyl (C=O) groups is 2. The van der Waals surface area contributed by atoms with Crippen LogP contribution in [0.2, 0.25) is 0 Å². The van der Waals surface area contributed by atoms with Crippen molar-refractivity contribution in [1.29, 1.82) is 0 Å². The molecule has 0 spiro atoms. The normalized spacial score (nSPS) is 11.1. The Hall–Kier alpha value is -2.48. The molecule has 10 nitrogen and oxygen atoms in total. The number of ether oxygens (including phenoxy) is 1. The zero-order chi connectivity index (χ0) is 22.3. The number of benzene rings is 1. The lowest BCUT2D eigenvalue weighted by molar-refractivity contribution is -0.387. The van der Waals surface area contributed by atoms with E-state index in [1.807, 2.05) is 22.2 Å². The van der Waals surface area contributed by atoms with Gasteiger partial charge in [0.25, 0.3) is 11.6 Å². The summed E-state index contributed by atoms with van der Waals surface area (Å²) in [5.41, 5.74) is -0.354. The monoisotopic (exact) mass is 473 g/mol. The van der Waals surface area contributed by atoms with Crippen LogP contribution in [0.25, 0.3) is 0 Å². The highest BCUT2D eigenvalue weighted by Gasteiger charge is 2.22. The van der Waals surface area contributed by atoms with Crippen LogP contribution in [0.3, 0.4) is 0 Å². The molecule has 1 aromatic carbocycles. The Morgan fingerprint density at radius 2 is 2.07 bits per heavy atom. The van der Waals surface area contributed by atoms with Crippen molar-refractivity contribution in [2.75, 3.05) is 26.5 Å². The molecule has 1 heterocycles. The summed E-state index contributed by atoms with van der Waals surface area (Å²) in [4.78, 5) is 36.5. The Morgan fingerprint density at radius 3 is 2.67 bits per heavy atom. The van der Waals surface area contributed by atoms with Gasteiger partial charge in [-0.1, -0.05) is 6.07 Å². The second-order valence-electron chi connectivity index (χ2n) is 5.91. The lowest BCUT2D eigenvalue weighted by atomic mass is 10.3. The number of nitrogens with one attached hydrogen (secondary N) is 1. The van der Waals surface area contributed by atoms with Crippen molar-refractivity contribution in [3.8, 4) is 0 Å². The molecule has 1 N–H and O–H groups in total. The topological polar surface area (TPSA) is 136 Å². The van der Waals surface area contributed by atoms with E-state index >= 15 is 0 Å². The molecule has 0 atom stereocenters. The maximum absolute atomic E-state index is 12.3. The average molecular weight is 474 g/mol. The molecule has 30 heavy (non-hydrogen) atoms. The van der Waals surface area contributed by atoms with Gasteiger partial charge < -0.3 is 9.64 Å². The summed E-state index contributed by atoms with van der Waals surface area (Å²) in [6, 6.07) is 7.16. The molecule has 0 unspecified atom stereocenters. The summed E-state index contributed by atoms with van der Waals surface area (Å²) in [6.07, 6.45) is 1.63. The minimum Gasteiger partial charge on any atom is -0.455 e. The van der Waals surface area contributed by atoms with Crippen LogP contribution in [0, 0.1) is 10.1 Å². The minimum absolute atomic E-state index is 0.309. The van der Waals surface area contributed by atoms with Crippen LogP contribution in [-0.4, -0.2) is 56.6 Å². The number of likely N-dealkylation sites (N-methyl/N-ethyl adjacent to an activating group) is 1. The molecule has 0 bridgehead atoms. The molecule has 0 aliphatic heterocycles. The van der Waals surface area contributed by atoms with Crippen LogP contribution < -0.4 is 4.72 Å². The Balaban J connectivity index is 1.89. The van der Waals surface area contributed by atoms with E-state index in [1.54, 1.807) is 13.3 Å². The van der Waals surface area contributed by atoms with Gasteiger partial charge in [-0.15, -0.1) is 23.1 Å². The van der Waals surface area contributed by atoms with Crippen molar-refractivity contribution < 1.29 is 27.7 Å². The third kappa shape index (κ3) is 6.52. The van der Waals surface area contributed by atoms with Gasteiger partial charge in [-0.25, -0.2) is 8.42 Å². The number of rotatable bonds is 10. The number of hydrogen-bond donors (Lipinski definition) is 1. The van der Waals surface area contributed by atoms with Crippen molar-refractivity contribution in [2.45, 2.75) is 16.3 Å². The Labute approximate surface area is 181 Å². The number of hydrogen-bond acceptors (Lipinski definition) is 9. The van der Waals surface area contributed by atoms with Gasteiger partial charge in [0.15, 0.2) is 6.61 Å². The molecule has 1 amide bonds. The molecule has 2 aromatic rings. The third-order valence-corrected chi connectivity index (χ3v) is 6.86. The SMILES string of the molecule is CSc1ccc(S(=O)(=O)NCC(=O)OCC(=O)N(C)Cc2cccs2)cc1[N+](=O)[O-]. The predicted octanol–water partition coefficient (Wildman–Crippen LogP) is 1.86. The van der Waals surface area contributed by atoms with E-state index < -0.39 is 40.0 Å². The molecule has 0 saturated heterocycles. The second-order valence-corrected chi connectivity index (χ2v) is 9.55. The molecule has 0 radical (unpaired) electrons. The van der Waals surface area contributed by atoms with Crippen molar-refractivity contribution in [1.82, 2.24) is 9.62 Å². The number of nitro groups is 1. The van der Waals surface area contributed by atoms with Gasteiger partial charge in [-0.3, -0.25) is 19.7 Å². The summed E-state index contributed by atoms with van der Waals surface area (Å²) in [5.74, 6) is -1.39. The number of esters is 1. The number of nitrogens with zero attached hydrogens (tertiary/aromatic N) is 2. The van der Waals surface area contributed by atoms with Gasteiger partial charge in [0.05, 0.1) is 21.3 Å². The molecule has 0 saturated carbocycles. The van der Waals surface area contributed by atoms with E-state index in [2.05, 4.69) is 0 Å². The summed E-state index contributed by atoms with van der Waals surface area (Å²) in [6.45, 7) is -0.885. The predicted molar refractivity (Wildman–Crippen MR) is 112 cm³/mol. The fraction of sp³-hybridized carbons (Fsp3) is 0.294. The van der Waals surface area contributed by atoms with E-state index in [0.29, 0.717) is 11.4 Å². The number of thiophene rings is 1. The third-order valence-electron chi connectivity index (χ3n) is 3.82. The highest BCUT2D eigenvalue weighted by atomic mass is 32.2. The van der Waals surface area contributed by atoms with Gasteiger partial charge >= 0.3 is 5.97 Å². The number of carbonyl (C=O) groups excluding carboxylic acids is 2. The Bertz CT molecular complexity index is 1020. The molecular weight excluding hydrogens is 454 g/mol. The van der Waals surface area contributed by atoms with E-state index in [9.17, 15) is 28.1 Å². The van der Waals surface area contributed by atoms with Gasteiger partial charge in [0.1, 0.15) is 6.54 Å². The highest BCUT2D eigenvalue weighted by molar-refractivity contribution is 7.98. The van der Waals surface area contributed by atoms with Gasteiger partial charge in [0.2, 0.25) is 10.0 Å². The van der Waals surface area contributed by atoms with Gasteiger partial charge in [-0.2, -0.15) is 4.72 Å². The minimum atomic E-state index is -4.18. The van der Waals surface area contributed by atoms with Crippen molar-refractivity contribution >= 4 is 50.7 Å². The number of thioether (sulfide) groups is 1. The molecule has 13 heteroatoms. The van der Waals surface area contributed by atoms with Crippen LogP contribution >= 0.6 is 23.1 Å².